The minimum absolute atomic E-state index is 0.0436. The Balaban J connectivity index is 1.53. The van der Waals surface area contributed by atoms with Crippen LogP contribution in [0.3, 0.4) is 0 Å². The SMILES string of the molecule is CCOC(=O)NS(=O)(=O)N1c2ccc(OC3CCNCC3)cc2CC1c1ccc2ccc(C(=N)N)cc2c1. The van der Waals surface area contributed by atoms with Crippen molar-refractivity contribution in [3.05, 3.63) is 71.3 Å². The Morgan fingerprint density at radius 3 is 2.61 bits per heavy atom. The van der Waals surface area contributed by atoms with Gasteiger partial charge in [0.05, 0.1) is 18.3 Å². The van der Waals surface area contributed by atoms with Crippen molar-refractivity contribution in [3.8, 4) is 5.75 Å². The van der Waals surface area contributed by atoms with E-state index >= 15 is 0 Å². The van der Waals surface area contributed by atoms with Crippen molar-refractivity contribution in [3.63, 3.8) is 0 Å². The van der Waals surface area contributed by atoms with E-state index in [0.29, 0.717) is 23.4 Å². The molecule has 0 saturated carbocycles. The molecule has 3 aromatic carbocycles. The topological polar surface area (TPSA) is 147 Å². The highest BCUT2D eigenvalue weighted by molar-refractivity contribution is 7.91. The molecular formula is C27H31N5O5S. The van der Waals surface area contributed by atoms with Crippen LogP contribution in [-0.4, -0.2) is 46.1 Å². The van der Waals surface area contributed by atoms with Gasteiger partial charge in [0.2, 0.25) is 0 Å². The van der Waals surface area contributed by atoms with Crippen LogP contribution in [0, 0.1) is 5.41 Å². The number of nitrogens with two attached hydrogens (primary N) is 1. The number of carbonyl (C=O) groups excluding carboxylic acids is 1. The van der Waals surface area contributed by atoms with E-state index in [9.17, 15) is 13.2 Å². The third-order valence-corrected chi connectivity index (χ3v) is 8.27. The molecule has 1 fully saturated rings. The minimum Gasteiger partial charge on any atom is -0.490 e. The van der Waals surface area contributed by atoms with E-state index < -0.39 is 22.3 Å². The van der Waals surface area contributed by atoms with Crippen LogP contribution in [0.25, 0.3) is 10.8 Å². The maximum Gasteiger partial charge on any atom is 0.422 e. The Bertz CT molecular complexity index is 1490. The molecule has 5 rings (SSSR count). The molecule has 0 spiro atoms. The molecule has 0 bridgehead atoms. The number of hydrogen-bond acceptors (Lipinski definition) is 7. The second kappa shape index (κ2) is 10.5. The smallest absolute Gasteiger partial charge is 0.422 e. The number of anilines is 1. The molecular weight excluding hydrogens is 506 g/mol. The van der Waals surface area contributed by atoms with Crippen molar-refractivity contribution in [2.24, 2.45) is 5.73 Å². The van der Waals surface area contributed by atoms with Gasteiger partial charge < -0.3 is 20.5 Å². The van der Waals surface area contributed by atoms with Gasteiger partial charge in [-0.3, -0.25) is 5.41 Å². The number of nitrogen functional groups attached to an aromatic ring is 1. The molecule has 0 aromatic heterocycles. The van der Waals surface area contributed by atoms with Gasteiger partial charge in [-0.15, -0.1) is 0 Å². The van der Waals surface area contributed by atoms with Crippen LogP contribution < -0.4 is 24.8 Å². The van der Waals surface area contributed by atoms with Gasteiger partial charge >= 0.3 is 16.3 Å². The summed E-state index contributed by atoms with van der Waals surface area (Å²) in [5.74, 6) is 0.645. The average Bonchev–Trinajstić information content (AvgIpc) is 3.28. The van der Waals surface area contributed by atoms with Crippen LogP contribution in [0.4, 0.5) is 10.5 Å². The second-order valence-corrected chi connectivity index (χ2v) is 11.0. The highest BCUT2D eigenvalue weighted by atomic mass is 32.2. The summed E-state index contributed by atoms with van der Waals surface area (Å²) in [5.41, 5.74) is 8.28. The lowest BCUT2D eigenvalue weighted by atomic mass is 9.98. The molecule has 5 N–H and O–H groups in total. The van der Waals surface area contributed by atoms with Gasteiger partial charge in [-0.05, 0) is 85.1 Å². The Hall–Kier alpha value is -3.83. The van der Waals surface area contributed by atoms with Gasteiger partial charge in [-0.2, -0.15) is 8.42 Å². The van der Waals surface area contributed by atoms with Crippen molar-refractivity contribution < 1.29 is 22.7 Å². The summed E-state index contributed by atoms with van der Waals surface area (Å²) in [6.45, 7) is 3.45. The molecule has 38 heavy (non-hydrogen) atoms. The molecule has 2 aliphatic rings. The second-order valence-electron chi connectivity index (χ2n) is 9.44. The molecule has 1 unspecified atom stereocenters. The van der Waals surface area contributed by atoms with Crippen molar-refractivity contribution >= 4 is 38.6 Å². The fraction of sp³-hybridized carbons (Fsp3) is 0.333. The number of nitrogens with zero attached hydrogens (tertiary/aromatic N) is 1. The predicted molar refractivity (Wildman–Crippen MR) is 146 cm³/mol. The van der Waals surface area contributed by atoms with Gasteiger partial charge in [0.25, 0.3) is 0 Å². The van der Waals surface area contributed by atoms with E-state index in [0.717, 1.165) is 47.8 Å². The third-order valence-electron chi connectivity index (χ3n) is 6.88. The van der Waals surface area contributed by atoms with E-state index in [2.05, 4.69) is 5.32 Å². The number of amides is 1. The number of nitrogens with one attached hydrogen (secondary N) is 3. The monoisotopic (exact) mass is 537 g/mol. The maximum atomic E-state index is 13.5. The van der Waals surface area contributed by atoms with E-state index in [-0.39, 0.29) is 18.5 Å². The van der Waals surface area contributed by atoms with Crippen LogP contribution in [0.2, 0.25) is 0 Å². The van der Waals surface area contributed by atoms with E-state index in [1.165, 1.54) is 4.31 Å². The molecule has 2 aliphatic heterocycles. The Labute approximate surface area is 221 Å². The first-order valence-corrected chi connectivity index (χ1v) is 14.1. The first kappa shape index (κ1) is 25.8. The third kappa shape index (κ3) is 5.25. The quantitative estimate of drug-likeness (QED) is 0.267. The minimum atomic E-state index is -4.30. The van der Waals surface area contributed by atoms with Crippen LogP contribution in [0.15, 0.2) is 54.6 Å². The van der Waals surface area contributed by atoms with Gasteiger partial charge in [-0.1, -0.05) is 24.3 Å². The van der Waals surface area contributed by atoms with Crippen molar-refractivity contribution in [1.82, 2.24) is 10.0 Å². The zero-order chi connectivity index (χ0) is 26.9. The average molecular weight is 538 g/mol. The number of hydrogen-bond donors (Lipinski definition) is 4. The van der Waals surface area contributed by atoms with Gasteiger partial charge in [0.15, 0.2) is 0 Å². The molecule has 0 radical (unpaired) electrons. The lowest BCUT2D eigenvalue weighted by Gasteiger charge is -2.27. The zero-order valence-corrected chi connectivity index (χ0v) is 21.9. The zero-order valence-electron chi connectivity index (χ0n) is 21.1. The highest BCUT2D eigenvalue weighted by Crippen LogP contribution is 2.44. The number of ether oxygens (including phenoxy) is 2. The predicted octanol–water partition coefficient (Wildman–Crippen LogP) is 3.35. The van der Waals surface area contributed by atoms with E-state index in [4.69, 9.17) is 20.6 Å². The number of benzene rings is 3. The lowest BCUT2D eigenvalue weighted by Crippen LogP contribution is -2.44. The highest BCUT2D eigenvalue weighted by Gasteiger charge is 2.40. The summed E-state index contributed by atoms with van der Waals surface area (Å²) in [4.78, 5) is 12.1. The molecule has 1 atom stereocenters. The van der Waals surface area contributed by atoms with Gasteiger partial charge in [0.1, 0.15) is 17.7 Å². The van der Waals surface area contributed by atoms with Crippen molar-refractivity contribution in [2.75, 3.05) is 24.0 Å². The fourth-order valence-corrected chi connectivity index (χ4v) is 6.42. The van der Waals surface area contributed by atoms with Gasteiger partial charge in [-0.25, -0.2) is 13.8 Å². The molecule has 2 heterocycles. The summed E-state index contributed by atoms with van der Waals surface area (Å²) in [7, 11) is -4.30. The van der Waals surface area contributed by atoms with Crippen LogP contribution in [-0.2, 0) is 21.4 Å². The Kier molecular flexibility index (Phi) is 7.13. The summed E-state index contributed by atoms with van der Waals surface area (Å²) >= 11 is 0. The van der Waals surface area contributed by atoms with Crippen LogP contribution in [0.5, 0.6) is 5.75 Å². The van der Waals surface area contributed by atoms with Crippen LogP contribution in [0.1, 0.15) is 42.5 Å². The largest absolute Gasteiger partial charge is 0.490 e. The first-order valence-electron chi connectivity index (χ1n) is 12.6. The molecule has 1 amide bonds. The normalized spacial score (nSPS) is 17.7. The molecule has 3 aromatic rings. The number of rotatable bonds is 7. The summed E-state index contributed by atoms with van der Waals surface area (Å²) in [5, 5.41) is 12.9. The fourth-order valence-electron chi connectivity index (χ4n) is 5.08. The van der Waals surface area contributed by atoms with Gasteiger partial charge in [0, 0.05) is 12.0 Å². The van der Waals surface area contributed by atoms with Crippen molar-refractivity contribution in [1.29, 1.82) is 5.41 Å². The lowest BCUT2D eigenvalue weighted by molar-refractivity contribution is 0.158. The Morgan fingerprint density at radius 1 is 1.11 bits per heavy atom. The number of amidine groups is 1. The number of piperidine rings is 1. The molecule has 200 valence electrons. The molecule has 11 heteroatoms. The molecule has 1 saturated heterocycles. The maximum absolute atomic E-state index is 13.5. The van der Waals surface area contributed by atoms with Crippen molar-refractivity contribution in [2.45, 2.75) is 38.3 Å². The molecule has 0 aliphatic carbocycles. The summed E-state index contributed by atoms with van der Waals surface area (Å²) in [6, 6.07) is 15.9. The van der Waals surface area contributed by atoms with E-state index in [1.807, 2.05) is 41.1 Å². The number of carbonyl (C=O) groups is 1. The summed E-state index contributed by atoms with van der Waals surface area (Å²) < 4.78 is 41.3. The van der Waals surface area contributed by atoms with Crippen LogP contribution >= 0.6 is 0 Å². The standard InChI is InChI=1S/C27H31N5O5S/c1-2-36-27(33)31-38(34,35)32-24-8-7-23(37-22-9-11-30-12-10-22)15-21(24)16-25(32)18-5-3-17-4-6-19(26(28)29)14-20(17)13-18/h3-8,13-15,22,25,30H,2,9-12,16H2,1H3,(H3,28,29)(H,31,33). The summed E-state index contributed by atoms with van der Waals surface area (Å²) in [6.07, 6.45) is 1.27. The molecule has 10 nitrogen and oxygen atoms in total. The first-order chi connectivity index (χ1) is 18.2. The number of fused-ring (bicyclic) bond motifs is 2. The van der Waals surface area contributed by atoms with E-state index in [1.54, 1.807) is 25.1 Å². The Morgan fingerprint density at radius 2 is 1.87 bits per heavy atom.